The van der Waals surface area contributed by atoms with E-state index in [-0.39, 0.29) is 5.69 Å². The molecule has 11 heteroatoms. The first-order valence-electron chi connectivity index (χ1n) is 6.80. The fourth-order valence-electron chi connectivity index (χ4n) is 2.11. The Labute approximate surface area is 140 Å². The molecule has 0 fully saturated rings. The van der Waals surface area contributed by atoms with Crippen LogP contribution < -0.4 is 4.72 Å². The molecular weight excluding hydrogens is 359 g/mol. The van der Waals surface area contributed by atoms with Gasteiger partial charge in [0.1, 0.15) is 6.33 Å². The van der Waals surface area contributed by atoms with Crippen molar-refractivity contribution in [1.82, 2.24) is 20.2 Å². The second-order valence-electron chi connectivity index (χ2n) is 4.90. The highest BCUT2D eigenvalue weighted by molar-refractivity contribution is 7.92. The fourth-order valence-corrected chi connectivity index (χ4v) is 3.39. The fraction of sp³-hybridized carbons (Fsp3) is 0.0714. The van der Waals surface area contributed by atoms with Gasteiger partial charge in [0, 0.05) is 5.69 Å². The standard InChI is InChI=1S/C14H10F3N5O2S/c15-14(16,17)12-3-1-2-4-13(12)25(23,24)19-10-5-7-11(8-6-10)22-9-18-20-21-22/h1-9,19H. The zero-order chi connectivity index (χ0) is 18.1. The van der Waals surface area contributed by atoms with Gasteiger partial charge >= 0.3 is 6.18 Å². The molecule has 0 radical (unpaired) electrons. The minimum Gasteiger partial charge on any atom is -0.280 e. The van der Waals surface area contributed by atoms with Gasteiger partial charge in [0.25, 0.3) is 10.0 Å². The average molecular weight is 369 g/mol. The predicted octanol–water partition coefficient (Wildman–Crippen LogP) is 2.48. The van der Waals surface area contributed by atoms with Crippen LogP contribution in [0, 0.1) is 0 Å². The Morgan fingerprint density at radius 2 is 1.68 bits per heavy atom. The number of hydrogen-bond donors (Lipinski definition) is 1. The van der Waals surface area contributed by atoms with Crippen LogP contribution in [0.5, 0.6) is 0 Å². The Morgan fingerprint density at radius 1 is 1.00 bits per heavy atom. The smallest absolute Gasteiger partial charge is 0.280 e. The van der Waals surface area contributed by atoms with E-state index in [0.717, 1.165) is 18.2 Å². The van der Waals surface area contributed by atoms with Crippen LogP contribution >= 0.6 is 0 Å². The number of sulfonamides is 1. The Kier molecular flexibility index (Phi) is 4.17. The number of benzene rings is 2. The third kappa shape index (κ3) is 3.60. The number of anilines is 1. The SMILES string of the molecule is O=S(=O)(Nc1ccc(-n2cnnn2)cc1)c1ccccc1C(F)(F)F. The van der Waals surface area contributed by atoms with Crippen molar-refractivity contribution in [2.75, 3.05) is 4.72 Å². The summed E-state index contributed by atoms with van der Waals surface area (Å²) in [5.41, 5.74) is -0.565. The first-order valence-corrected chi connectivity index (χ1v) is 8.28. The van der Waals surface area contributed by atoms with Crippen LogP contribution in [0.2, 0.25) is 0 Å². The molecule has 0 saturated heterocycles. The molecule has 0 bridgehead atoms. The Bertz CT molecular complexity index is 970. The van der Waals surface area contributed by atoms with Crippen LogP contribution in [-0.4, -0.2) is 28.6 Å². The molecule has 0 unspecified atom stereocenters. The lowest BCUT2D eigenvalue weighted by Crippen LogP contribution is -2.18. The third-order valence-electron chi connectivity index (χ3n) is 3.22. The third-order valence-corrected chi connectivity index (χ3v) is 4.65. The van der Waals surface area contributed by atoms with Crippen LogP contribution in [0.3, 0.4) is 0 Å². The van der Waals surface area contributed by atoms with Crippen molar-refractivity contribution in [2.45, 2.75) is 11.1 Å². The van der Waals surface area contributed by atoms with Gasteiger partial charge in [-0.2, -0.15) is 13.2 Å². The molecule has 0 spiro atoms. The molecule has 130 valence electrons. The van der Waals surface area contributed by atoms with Gasteiger partial charge in [-0.15, -0.1) is 5.10 Å². The molecule has 2 aromatic carbocycles. The molecule has 0 aliphatic carbocycles. The summed E-state index contributed by atoms with van der Waals surface area (Å²) in [6.45, 7) is 0. The Morgan fingerprint density at radius 3 is 2.28 bits per heavy atom. The second-order valence-corrected chi connectivity index (χ2v) is 6.55. The maximum Gasteiger partial charge on any atom is 0.417 e. The quantitative estimate of drug-likeness (QED) is 0.763. The number of aromatic nitrogens is 4. The molecule has 0 atom stereocenters. The summed E-state index contributed by atoms with van der Waals surface area (Å²) in [5.74, 6) is 0. The minimum absolute atomic E-state index is 0.105. The zero-order valence-corrected chi connectivity index (χ0v) is 13.2. The molecule has 1 heterocycles. The van der Waals surface area contributed by atoms with Crippen LogP contribution in [0.15, 0.2) is 59.8 Å². The molecule has 1 aromatic heterocycles. The number of nitrogens with one attached hydrogen (secondary N) is 1. The Hall–Kier alpha value is -2.95. The molecule has 0 amide bonds. The van der Waals surface area contributed by atoms with E-state index in [1.165, 1.54) is 41.3 Å². The molecule has 3 aromatic rings. The maximum absolute atomic E-state index is 13.0. The molecule has 0 aliphatic heterocycles. The van der Waals surface area contributed by atoms with Crippen LogP contribution in [0.4, 0.5) is 18.9 Å². The van der Waals surface area contributed by atoms with Gasteiger partial charge in [-0.3, -0.25) is 4.72 Å². The van der Waals surface area contributed by atoms with Crippen molar-refractivity contribution in [1.29, 1.82) is 0 Å². The van der Waals surface area contributed by atoms with E-state index in [0.29, 0.717) is 5.69 Å². The number of alkyl halides is 3. The monoisotopic (exact) mass is 369 g/mol. The molecule has 0 saturated carbocycles. The van der Waals surface area contributed by atoms with Crippen molar-refractivity contribution < 1.29 is 21.6 Å². The highest BCUT2D eigenvalue weighted by atomic mass is 32.2. The first kappa shape index (κ1) is 16.9. The summed E-state index contributed by atoms with van der Waals surface area (Å²) in [6, 6.07) is 9.80. The van der Waals surface area contributed by atoms with E-state index in [4.69, 9.17) is 0 Å². The summed E-state index contributed by atoms with van der Waals surface area (Å²) < 4.78 is 67.2. The van der Waals surface area contributed by atoms with Gasteiger partial charge in [0.2, 0.25) is 0 Å². The van der Waals surface area contributed by atoms with Crippen molar-refractivity contribution in [3.63, 3.8) is 0 Å². The molecular formula is C14H10F3N5O2S. The van der Waals surface area contributed by atoms with Crippen LogP contribution in [0.25, 0.3) is 5.69 Å². The van der Waals surface area contributed by atoms with Crippen molar-refractivity contribution >= 4 is 15.7 Å². The summed E-state index contributed by atoms with van der Waals surface area (Å²) in [7, 11) is -4.41. The van der Waals surface area contributed by atoms with Crippen molar-refractivity contribution in [3.05, 3.63) is 60.4 Å². The van der Waals surface area contributed by atoms with Gasteiger partial charge in [-0.25, -0.2) is 13.1 Å². The second kappa shape index (κ2) is 6.16. The highest BCUT2D eigenvalue weighted by Crippen LogP contribution is 2.34. The molecule has 25 heavy (non-hydrogen) atoms. The molecule has 7 nitrogen and oxygen atoms in total. The van der Waals surface area contributed by atoms with E-state index < -0.39 is 26.7 Å². The van der Waals surface area contributed by atoms with Gasteiger partial charge in [0.15, 0.2) is 0 Å². The van der Waals surface area contributed by atoms with Gasteiger partial charge < -0.3 is 0 Å². The van der Waals surface area contributed by atoms with Crippen LogP contribution in [0.1, 0.15) is 5.56 Å². The lowest BCUT2D eigenvalue weighted by atomic mass is 10.2. The zero-order valence-electron chi connectivity index (χ0n) is 12.3. The number of hydrogen-bond acceptors (Lipinski definition) is 5. The lowest BCUT2D eigenvalue weighted by Gasteiger charge is -2.14. The van der Waals surface area contributed by atoms with E-state index in [1.54, 1.807) is 0 Å². The van der Waals surface area contributed by atoms with Gasteiger partial charge in [-0.05, 0) is 46.8 Å². The number of rotatable bonds is 4. The Balaban J connectivity index is 1.90. The van der Waals surface area contributed by atoms with Crippen LogP contribution in [-0.2, 0) is 16.2 Å². The van der Waals surface area contributed by atoms with Gasteiger partial charge in [-0.1, -0.05) is 12.1 Å². The van der Waals surface area contributed by atoms with E-state index >= 15 is 0 Å². The maximum atomic E-state index is 13.0. The van der Waals surface area contributed by atoms with E-state index in [9.17, 15) is 21.6 Å². The minimum atomic E-state index is -4.78. The highest BCUT2D eigenvalue weighted by Gasteiger charge is 2.36. The molecule has 0 aliphatic rings. The number of tetrazole rings is 1. The summed E-state index contributed by atoms with van der Waals surface area (Å²) in [4.78, 5) is -0.841. The molecule has 1 N–H and O–H groups in total. The summed E-state index contributed by atoms with van der Waals surface area (Å²) in [6.07, 6.45) is -3.44. The first-order chi connectivity index (χ1) is 11.8. The topological polar surface area (TPSA) is 89.8 Å². The van der Waals surface area contributed by atoms with Gasteiger partial charge in [0.05, 0.1) is 16.1 Å². The normalized spacial score (nSPS) is 12.1. The lowest BCUT2D eigenvalue weighted by molar-refractivity contribution is -0.139. The van der Waals surface area contributed by atoms with E-state index in [1.807, 2.05) is 0 Å². The van der Waals surface area contributed by atoms with Crippen molar-refractivity contribution in [2.24, 2.45) is 0 Å². The summed E-state index contributed by atoms with van der Waals surface area (Å²) in [5, 5.41) is 10.6. The van der Waals surface area contributed by atoms with E-state index in [2.05, 4.69) is 20.2 Å². The summed E-state index contributed by atoms with van der Waals surface area (Å²) >= 11 is 0. The largest absolute Gasteiger partial charge is 0.417 e. The predicted molar refractivity (Wildman–Crippen MR) is 81.4 cm³/mol. The number of nitrogens with zero attached hydrogens (tertiary/aromatic N) is 4. The molecule has 3 rings (SSSR count). The number of halogens is 3. The average Bonchev–Trinajstić information content (AvgIpc) is 3.09. The van der Waals surface area contributed by atoms with Crippen molar-refractivity contribution in [3.8, 4) is 5.69 Å².